The number of amides is 1. The molecule has 0 aliphatic heterocycles. The molecule has 0 aromatic carbocycles. The Balaban J connectivity index is 2.42. The van der Waals surface area contributed by atoms with Crippen LogP contribution < -0.4 is 16.4 Å². The molecule has 0 aliphatic rings. The molecule has 0 fully saturated rings. The molecule has 7 heteroatoms. The molecule has 1 heterocycles. The lowest BCUT2D eigenvalue weighted by atomic mass is 10.3. The Bertz CT molecular complexity index is 338. The van der Waals surface area contributed by atoms with Crippen LogP contribution in [0.15, 0.2) is 4.42 Å². The van der Waals surface area contributed by atoms with Crippen molar-refractivity contribution < 1.29 is 9.21 Å². The fourth-order valence-electron chi connectivity index (χ4n) is 1.01. The van der Waals surface area contributed by atoms with Crippen LogP contribution in [0.1, 0.15) is 26.2 Å². The summed E-state index contributed by atoms with van der Waals surface area (Å²) in [5, 5.41) is 13.4. The number of nitrogens with zero attached hydrogens (tertiary/aromatic N) is 2. The van der Waals surface area contributed by atoms with Crippen LogP contribution in [0.5, 0.6) is 0 Å². The highest BCUT2D eigenvalue weighted by atomic mass is 16.4. The van der Waals surface area contributed by atoms with E-state index >= 15 is 0 Å². The zero-order valence-electron chi connectivity index (χ0n) is 9.49. The molecule has 0 bridgehead atoms. The van der Waals surface area contributed by atoms with Crippen LogP contribution in [0, 0.1) is 0 Å². The highest BCUT2D eigenvalue weighted by molar-refractivity contribution is 5.81. The zero-order valence-corrected chi connectivity index (χ0v) is 9.49. The second-order valence-corrected chi connectivity index (χ2v) is 3.45. The van der Waals surface area contributed by atoms with Crippen molar-refractivity contribution in [3.8, 4) is 0 Å². The van der Waals surface area contributed by atoms with Gasteiger partial charge in [0.1, 0.15) is 6.04 Å². The molecule has 7 nitrogen and oxygen atoms in total. The van der Waals surface area contributed by atoms with Crippen LogP contribution in [-0.4, -0.2) is 28.7 Å². The predicted molar refractivity (Wildman–Crippen MR) is 58.6 cm³/mol. The quantitative estimate of drug-likeness (QED) is 0.559. The van der Waals surface area contributed by atoms with Crippen molar-refractivity contribution >= 4 is 11.9 Å². The first-order valence-electron chi connectivity index (χ1n) is 5.22. The Morgan fingerprint density at radius 3 is 2.94 bits per heavy atom. The summed E-state index contributed by atoms with van der Waals surface area (Å²) >= 11 is 0. The summed E-state index contributed by atoms with van der Waals surface area (Å²) in [6.07, 6.45) is 1.04. The van der Waals surface area contributed by atoms with Gasteiger partial charge in [-0.1, -0.05) is 12.0 Å². The summed E-state index contributed by atoms with van der Waals surface area (Å²) in [5.41, 5.74) is 5.09. The number of rotatable bonds is 7. The van der Waals surface area contributed by atoms with Crippen molar-refractivity contribution in [2.45, 2.75) is 32.9 Å². The molecular formula is C9H17N5O2. The molecule has 90 valence electrons. The first kappa shape index (κ1) is 12.4. The lowest BCUT2D eigenvalue weighted by molar-refractivity contribution is -0.118. The lowest BCUT2D eigenvalue weighted by Crippen LogP contribution is -2.32. The van der Waals surface area contributed by atoms with Crippen molar-refractivity contribution in [3.63, 3.8) is 0 Å². The molecule has 0 saturated heterocycles. The Morgan fingerprint density at radius 1 is 1.56 bits per heavy atom. The minimum atomic E-state index is -0.531. The van der Waals surface area contributed by atoms with Crippen LogP contribution in [0.2, 0.25) is 0 Å². The molecular weight excluding hydrogens is 210 g/mol. The van der Waals surface area contributed by atoms with E-state index in [1.54, 1.807) is 6.92 Å². The van der Waals surface area contributed by atoms with Crippen LogP contribution >= 0.6 is 0 Å². The monoisotopic (exact) mass is 227 g/mol. The van der Waals surface area contributed by atoms with E-state index < -0.39 is 11.9 Å². The summed E-state index contributed by atoms with van der Waals surface area (Å²) in [7, 11) is 0. The Kier molecular flexibility index (Phi) is 4.71. The number of primary amides is 1. The molecule has 1 aromatic heterocycles. The summed E-state index contributed by atoms with van der Waals surface area (Å²) in [4.78, 5) is 10.8. The van der Waals surface area contributed by atoms with Gasteiger partial charge in [0, 0.05) is 0 Å². The van der Waals surface area contributed by atoms with Crippen LogP contribution in [0.3, 0.4) is 0 Å². The number of anilines is 1. The third-order valence-corrected chi connectivity index (χ3v) is 1.94. The maximum absolute atomic E-state index is 10.8. The van der Waals surface area contributed by atoms with Crippen molar-refractivity contribution in [1.29, 1.82) is 0 Å². The number of hydrogen-bond acceptors (Lipinski definition) is 6. The lowest BCUT2D eigenvalue weighted by Gasteiger charge is -2.05. The number of nitrogens with two attached hydrogens (primary N) is 1. The SMILES string of the molecule is CCCNCc1nnc(NC(C)C(N)=O)o1. The summed E-state index contributed by atoms with van der Waals surface area (Å²) < 4.78 is 5.25. The maximum Gasteiger partial charge on any atom is 0.316 e. The molecule has 4 N–H and O–H groups in total. The minimum Gasteiger partial charge on any atom is -0.407 e. The molecule has 0 spiro atoms. The molecule has 1 rings (SSSR count). The third-order valence-electron chi connectivity index (χ3n) is 1.94. The van der Waals surface area contributed by atoms with E-state index in [-0.39, 0.29) is 6.01 Å². The molecule has 0 saturated carbocycles. The number of carbonyl (C=O) groups is 1. The Hall–Kier alpha value is -1.63. The first-order chi connectivity index (χ1) is 7.63. The topological polar surface area (TPSA) is 106 Å². The fourth-order valence-corrected chi connectivity index (χ4v) is 1.01. The normalized spacial score (nSPS) is 12.4. The summed E-state index contributed by atoms with van der Waals surface area (Å²) in [5.74, 6) is 0.0106. The number of carbonyl (C=O) groups excluding carboxylic acids is 1. The van der Waals surface area contributed by atoms with E-state index in [0.717, 1.165) is 13.0 Å². The molecule has 1 amide bonds. The van der Waals surface area contributed by atoms with Crippen molar-refractivity contribution in [2.24, 2.45) is 5.73 Å². The van der Waals surface area contributed by atoms with Gasteiger partial charge in [0.25, 0.3) is 0 Å². The van der Waals surface area contributed by atoms with Crippen LogP contribution in [0.4, 0.5) is 6.01 Å². The van der Waals surface area contributed by atoms with Crippen LogP contribution in [-0.2, 0) is 11.3 Å². The van der Waals surface area contributed by atoms with Gasteiger partial charge in [-0.05, 0) is 19.9 Å². The summed E-state index contributed by atoms with van der Waals surface area (Å²) in [6, 6.07) is -0.323. The van der Waals surface area contributed by atoms with E-state index in [2.05, 4.69) is 27.8 Å². The Labute approximate surface area is 93.8 Å². The van der Waals surface area contributed by atoms with Gasteiger partial charge in [-0.2, -0.15) is 0 Å². The number of aromatic nitrogens is 2. The first-order valence-corrected chi connectivity index (χ1v) is 5.22. The van der Waals surface area contributed by atoms with Gasteiger partial charge in [0.05, 0.1) is 6.54 Å². The van der Waals surface area contributed by atoms with E-state index in [9.17, 15) is 4.79 Å². The van der Waals surface area contributed by atoms with Crippen molar-refractivity contribution in [2.75, 3.05) is 11.9 Å². The molecule has 16 heavy (non-hydrogen) atoms. The summed E-state index contributed by atoms with van der Waals surface area (Å²) in [6.45, 7) is 5.11. The van der Waals surface area contributed by atoms with Gasteiger partial charge < -0.3 is 20.8 Å². The minimum absolute atomic E-state index is 0.208. The average Bonchev–Trinajstić information content (AvgIpc) is 2.66. The zero-order chi connectivity index (χ0) is 12.0. The van der Waals surface area contributed by atoms with E-state index in [1.165, 1.54) is 0 Å². The predicted octanol–water partition coefficient (Wildman–Crippen LogP) is -0.145. The number of nitrogens with one attached hydrogen (secondary N) is 2. The molecule has 0 aliphatic carbocycles. The molecule has 1 unspecified atom stereocenters. The largest absolute Gasteiger partial charge is 0.407 e. The molecule has 1 aromatic rings. The number of hydrogen-bond donors (Lipinski definition) is 3. The standard InChI is InChI=1S/C9H17N5O2/c1-3-4-11-5-7-13-14-9(16-7)12-6(2)8(10)15/h6,11H,3-5H2,1-2H3,(H2,10,15)(H,12,14). The molecule has 0 radical (unpaired) electrons. The van der Waals surface area contributed by atoms with Gasteiger partial charge in [-0.15, -0.1) is 5.10 Å². The van der Waals surface area contributed by atoms with Crippen LogP contribution in [0.25, 0.3) is 0 Å². The van der Waals surface area contributed by atoms with E-state index in [0.29, 0.717) is 12.4 Å². The third kappa shape index (κ3) is 3.85. The second kappa shape index (κ2) is 6.06. The van der Waals surface area contributed by atoms with Gasteiger partial charge in [-0.3, -0.25) is 4.79 Å². The van der Waals surface area contributed by atoms with E-state index in [1.807, 2.05) is 0 Å². The smallest absolute Gasteiger partial charge is 0.316 e. The van der Waals surface area contributed by atoms with Gasteiger partial charge in [0.15, 0.2) is 0 Å². The molecule has 1 atom stereocenters. The van der Waals surface area contributed by atoms with Crippen molar-refractivity contribution in [3.05, 3.63) is 5.89 Å². The second-order valence-electron chi connectivity index (χ2n) is 3.45. The average molecular weight is 227 g/mol. The highest BCUT2D eigenvalue weighted by Gasteiger charge is 2.12. The van der Waals surface area contributed by atoms with Gasteiger partial charge >= 0.3 is 6.01 Å². The Morgan fingerprint density at radius 2 is 2.31 bits per heavy atom. The maximum atomic E-state index is 10.8. The highest BCUT2D eigenvalue weighted by Crippen LogP contribution is 2.06. The van der Waals surface area contributed by atoms with E-state index in [4.69, 9.17) is 10.2 Å². The van der Waals surface area contributed by atoms with Gasteiger partial charge in [0.2, 0.25) is 11.8 Å². The fraction of sp³-hybridized carbons (Fsp3) is 0.667. The van der Waals surface area contributed by atoms with Gasteiger partial charge in [-0.25, -0.2) is 0 Å². The van der Waals surface area contributed by atoms with Crippen molar-refractivity contribution in [1.82, 2.24) is 15.5 Å².